The topological polar surface area (TPSA) is 68.9 Å². The summed E-state index contributed by atoms with van der Waals surface area (Å²) in [6, 6.07) is 5.63. The molecule has 2 unspecified atom stereocenters. The summed E-state index contributed by atoms with van der Waals surface area (Å²) in [5.74, 6) is -0.0436. The Kier molecular flexibility index (Phi) is 4.66. The van der Waals surface area contributed by atoms with Crippen molar-refractivity contribution in [3.05, 3.63) is 40.6 Å². The minimum Gasteiger partial charge on any atom is -0.380 e. The fourth-order valence-corrected chi connectivity index (χ4v) is 3.77. The molecule has 1 aromatic carbocycles. The number of anilines is 1. The third kappa shape index (κ3) is 3.26. The fourth-order valence-electron chi connectivity index (χ4n) is 3.58. The van der Waals surface area contributed by atoms with Crippen LogP contribution in [-0.2, 0) is 16.1 Å². The number of nitrogens with one attached hydrogen (secondary N) is 3. The highest BCUT2D eigenvalue weighted by atomic mass is 35.5. The van der Waals surface area contributed by atoms with E-state index in [9.17, 15) is 4.79 Å². The number of benzene rings is 1. The molecular weight excluding hydrogens is 342 g/mol. The second kappa shape index (κ2) is 6.93. The van der Waals surface area contributed by atoms with Crippen molar-refractivity contribution in [3.8, 4) is 0 Å². The maximum absolute atomic E-state index is 12.5. The number of hydrogen-bond acceptors (Lipinski definition) is 6. The van der Waals surface area contributed by atoms with Crippen molar-refractivity contribution < 1.29 is 9.53 Å². The van der Waals surface area contributed by atoms with Crippen LogP contribution in [0.2, 0.25) is 5.02 Å². The predicted molar refractivity (Wildman–Crippen MR) is 95.5 cm³/mol. The van der Waals surface area contributed by atoms with E-state index < -0.39 is 0 Å². The number of carbonyl (C=O) groups is 1. The molecular formula is C17H22ClN5O2. The number of hydrogen-bond donors (Lipinski definition) is 3. The summed E-state index contributed by atoms with van der Waals surface area (Å²) in [6.07, 6.45) is 3.83. The molecule has 134 valence electrons. The number of carbonyl (C=O) groups excluding carboxylic acids is 1. The number of nitrogens with zero attached hydrogens (tertiary/aromatic N) is 2. The number of hydrazine groups is 1. The molecule has 25 heavy (non-hydrogen) atoms. The summed E-state index contributed by atoms with van der Waals surface area (Å²) in [7, 11) is 1.65. The first-order chi connectivity index (χ1) is 12.2. The largest absolute Gasteiger partial charge is 0.380 e. The third-order valence-electron chi connectivity index (χ3n) is 4.81. The van der Waals surface area contributed by atoms with E-state index in [0.29, 0.717) is 17.2 Å². The van der Waals surface area contributed by atoms with Gasteiger partial charge in [-0.15, -0.1) is 0 Å². The van der Waals surface area contributed by atoms with Crippen molar-refractivity contribution in [2.75, 3.05) is 25.2 Å². The normalized spacial score (nSPS) is 26.6. The monoisotopic (exact) mass is 363 g/mol. The van der Waals surface area contributed by atoms with E-state index in [0.717, 1.165) is 24.3 Å². The van der Waals surface area contributed by atoms with Crippen molar-refractivity contribution in [3.63, 3.8) is 0 Å². The van der Waals surface area contributed by atoms with Crippen LogP contribution in [0.3, 0.4) is 0 Å². The first-order valence-corrected chi connectivity index (χ1v) is 8.89. The number of halogens is 1. The quantitative estimate of drug-likeness (QED) is 0.745. The zero-order valence-corrected chi connectivity index (χ0v) is 14.8. The Morgan fingerprint density at radius 3 is 2.88 bits per heavy atom. The molecule has 0 radical (unpaired) electrons. The van der Waals surface area contributed by atoms with E-state index in [1.54, 1.807) is 7.11 Å². The van der Waals surface area contributed by atoms with Crippen LogP contribution in [0, 0.1) is 0 Å². The number of amides is 1. The molecule has 7 nitrogen and oxygen atoms in total. The summed E-state index contributed by atoms with van der Waals surface area (Å²) in [4.78, 5) is 14.8. The summed E-state index contributed by atoms with van der Waals surface area (Å²) >= 11 is 6.10. The lowest BCUT2D eigenvalue weighted by atomic mass is 10.1. The maximum atomic E-state index is 12.5. The minimum absolute atomic E-state index is 0.0436. The van der Waals surface area contributed by atoms with Crippen LogP contribution in [0.4, 0.5) is 5.69 Å². The molecule has 0 saturated carbocycles. The van der Waals surface area contributed by atoms with Gasteiger partial charge in [-0.3, -0.25) is 20.0 Å². The van der Waals surface area contributed by atoms with Gasteiger partial charge in [0, 0.05) is 37.0 Å². The molecule has 1 aromatic rings. The van der Waals surface area contributed by atoms with Crippen LogP contribution in [0.5, 0.6) is 0 Å². The number of likely N-dealkylation sites (tertiary alicyclic amines) is 1. The average Bonchev–Trinajstić information content (AvgIpc) is 3.25. The molecule has 1 amide bonds. The lowest BCUT2D eigenvalue weighted by molar-refractivity contribution is -0.121. The molecule has 4 rings (SSSR count). The summed E-state index contributed by atoms with van der Waals surface area (Å²) in [5.41, 5.74) is 5.90. The van der Waals surface area contributed by atoms with Crippen molar-refractivity contribution in [2.45, 2.75) is 31.9 Å². The van der Waals surface area contributed by atoms with Crippen LogP contribution in [-0.4, -0.2) is 43.5 Å². The van der Waals surface area contributed by atoms with Crippen molar-refractivity contribution in [1.29, 1.82) is 0 Å². The van der Waals surface area contributed by atoms with E-state index >= 15 is 0 Å². The van der Waals surface area contributed by atoms with Gasteiger partial charge in [-0.2, -0.15) is 0 Å². The van der Waals surface area contributed by atoms with Crippen LogP contribution in [0.15, 0.2) is 30.0 Å². The molecule has 0 spiro atoms. The van der Waals surface area contributed by atoms with Gasteiger partial charge in [-0.05, 0) is 31.0 Å². The highest BCUT2D eigenvalue weighted by Gasteiger charge is 2.39. The standard InChI is InChI=1S/C17H22ClN5O2/c1-25-10-11-8-12(18)4-5-14(11)23-9-13-15(21-23)19-17(20-16(13)24)22-6-2-3-7-22/h4-5,8-9,15,17,19,21H,2-3,6-7,10H2,1H3,(H,20,24). The highest BCUT2D eigenvalue weighted by molar-refractivity contribution is 6.30. The van der Waals surface area contributed by atoms with Crippen LogP contribution in [0.1, 0.15) is 18.4 Å². The molecule has 0 aromatic heterocycles. The molecule has 0 bridgehead atoms. The lowest BCUT2D eigenvalue weighted by Gasteiger charge is -2.36. The van der Waals surface area contributed by atoms with Gasteiger partial charge in [0.15, 0.2) is 0 Å². The zero-order chi connectivity index (χ0) is 17.4. The van der Waals surface area contributed by atoms with E-state index in [2.05, 4.69) is 21.0 Å². The molecule has 3 N–H and O–H groups in total. The third-order valence-corrected chi connectivity index (χ3v) is 5.04. The summed E-state index contributed by atoms with van der Waals surface area (Å²) in [5, 5.41) is 9.03. The van der Waals surface area contributed by atoms with Crippen molar-refractivity contribution in [2.24, 2.45) is 0 Å². The fraction of sp³-hybridized carbons (Fsp3) is 0.471. The molecule has 2 saturated heterocycles. The second-order valence-electron chi connectivity index (χ2n) is 6.51. The van der Waals surface area contributed by atoms with Crippen LogP contribution >= 0.6 is 11.6 Å². The highest BCUT2D eigenvalue weighted by Crippen LogP contribution is 2.28. The Morgan fingerprint density at radius 2 is 2.12 bits per heavy atom. The molecule has 2 atom stereocenters. The Hall–Kier alpha value is -1.64. The predicted octanol–water partition coefficient (Wildman–Crippen LogP) is 1.12. The first kappa shape index (κ1) is 16.8. The molecule has 2 fully saturated rings. The van der Waals surface area contributed by atoms with Crippen molar-refractivity contribution in [1.82, 2.24) is 21.0 Å². The van der Waals surface area contributed by atoms with Gasteiger partial charge in [0.25, 0.3) is 5.91 Å². The maximum Gasteiger partial charge on any atom is 0.254 e. The first-order valence-electron chi connectivity index (χ1n) is 8.51. The molecule has 3 aliphatic heterocycles. The van der Waals surface area contributed by atoms with Gasteiger partial charge in [-0.1, -0.05) is 11.6 Å². The number of ether oxygens (including phenoxy) is 1. The Morgan fingerprint density at radius 1 is 1.32 bits per heavy atom. The Bertz CT molecular complexity index is 704. The van der Waals surface area contributed by atoms with Gasteiger partial charge in [0.05, 0.1) is 17.9 Å². The van der Waals surface area contributed by atoms with Gasteiger partial charge in [0.2, 0.25) is 0 Å². The Labute approximate surface area is 151 Å². The molecule has 3 heterocycles. The van der Waals surface area contributed by atoms with E-state index in [1.807, 2.05) is 29.4 Å². The zero-order valence-electron chi connectivity index (χ0n) is 14.1. The average molecular weight is 364 g/mol. The Balaban J connectivity index is 1.55. The van der Waals surface area contributed by atoms with Gasteiger partial charge in [0.1, 0.15) is 12.5 Å². The smallest absolute Gasteiger partial charge is 0.254 e. The van der Waals surface area contributed by atoms with E-state index in [-0.39, 0.29) is 18.4 Å². The van der Waals surface area contributed by atoms with Gasteiger partial charge in [-0.25, -0.2) is 5.43 Å². The molecule has 3 aliphatic rings. The van der Waals surface area contributed by atoms with E-state index in [1.165, 1.54) is 12.8 Å². The minimum atomic E-state index is -0.217. The summed E-state index contributed by atoms with van der Waals surface area (Å²) < 4.78 is 5.27. The number of methoxy groups -OCH3 is 1. The van der Waals surface area contributed by atoms with Crippen LogP contribution < -0.4 is 21.1 Å². The van der Waals surface area contributed by atoms with Gasteiger partial charge >= 0.3 is 0 Å². The lowest BCUT2D eigenvalue weighted by Crippen LogP contribution is -2.66. The number of rotatable bonds is 4. The second-order valence-corrected chi connectivity index (χ2v) is 6.94. The van der Waals surface area contributed by atoms with Gasteiger partial charge < -0.3 is 10.1 Å². The SMILES string of the molecule is COCc1cc(Cl)ccc1N1C=C2C(=O)NC(N3CCCC3)NC2N1. The molecule has 0 aliphatic carbocycles. The van der Waals surface area contributed by atoms with Crippen molar-refractivity contribution >= 4 is 23.2 Å². The van der Waals surface area contributed by atoms with Crippen LogP contribution in [0.25, 0.3) is 0 Å². The number of fused-ring (bicyclic) bond motifs is 1. The summed E-state index contributed by atoms with van der Waals surface area (Å²) in [6.45, 7) is 2.45. The van der Waals surface area contributed by atoms with E-state index in [4.69, 9.17) is 16.3 Å². The molecule has 8 heteroatoms.